The number of carbonyl (C=O) groups excluding carboxylic acids is 1. The molecule has 0 aliphatic heterocycles. The number of nitrogens with one attached hydrogen (secondary N) is 1. The third-order valence-electron chi connectivity index (χ3n) is 3.14. The molecule has 0 bridgehead atoms. The van der Waals surface area contributed by atoms with Crippen LogP contribution >= 0.6 is 15.9 Å². The predicted octanol–water partition coefficient (Wildman–Crippen LogP) is 3.57. The Balaban J connectivity index is 2.03. The normalized spacial score (nSPS) is 10.4. The van der Waals surface area contributed by atoms with Crippen molar-refractivity contribution in [1.29, 1.82) is 0 Å². The number of carbonyl (C=O) groups is 1. The van der Waals surface area contributed by atoms with Crippen LogP contribution in [0.5, 0.6) is 0 Å². The lowest BCUT2D eigenvalue weighted by atomic mass is 10.0. The molecule has 110 valence electrons. The van der Waals surface area contributed by atoms with E-state index in [4.69, 9.17) is 4.74 Å². The molecule has 3 nitrogen and oxygen atoms in total. The quantitative estimate of drug-likeness (QED) is 0.811. The lowest BCUT2D eigenvalue weighted by Gasteiger charge is -2.09. The summed E-state index contributed by atoms with van der Waals surface area (Å²) in [5.74, 6) is -0.276. The molecule has 0 aliphatic carbocycles. The minimum Gasteiger partial charge on any atom is -0.457 e. The van der Waals surface area contributed by atoms with Crippen LogP contribution in [0.3, 0.4) is 0 Å². The molecule has 1 N–H and O–H groups in total. The van der Waals surface area contributed by atoms with Crippen molar-refractivity contribution in [3.05, 3.63) is 69.7 Å². The van der Waals surface area contributed by atoms with Crippen molar-refractivity contribution in [2.75, 3.05) is 13.6 Å². The van der Waals surface area contributed by atoms with Gasteiger partial charge in [-0.15, -0.1) is 0 Å². The Morgan fingerprint density at radius 3 is 2.76 bits per heavy atom. The first-order valence-electron chi connectivity index (χ1n) is 6.85. The van der Waals surface area contributed by atoms with E-state index in [1.807, 2.05) is 55.6 Å². The largest absolute Gasteiger partial charge is 0.457 e. The van der Waals surface area contributed by atoms with Crippen LogP contribution in [0.4, 0.5) is 0 Å². The van der Waals surface area contributed by atoms with E-state index in [1.54, 1.807) is 0 Å². The van der Waals surface area contributed by atoms with Gasteiger partial charge in [0.15, 0.2) is 0 Å². The van der Waals surface area contributed by atoms with Crippen LogP contribution in [0.2, 0.25) is 0 Å². The molecule has 0 unspecified atom stereocenters. The summed E-state index contributed by atoms with van der Waals surface area (Å²) in [5.41, 5.74) is 2.61. The zero-order valence-corrected chi connectivity index (χ0v) is 13.5. The molecule has 0 saturated heterocycles. The second kappa shape index (κ2) is 7.96. The zero-order chi connectivity index (χ0) is 15.1. The fraction of sp³-hybridized carbons (Fsp3) is 0.235. The molecule has 21 heavy (non-hydrogen) atoms. The number of benzene rings is 2. The van der Waals surface area contributed by atoms with Crippen LogP contribution in [0, 0.1) is 0 Å². The fourth-order valence-electron chi connectivity index (χ4n) is 2.05. The lowest BCUT2D eigenvalue weighted by molar-refractivity contribution is 0.0471. The maximum absolute atomic E-state index is 12.2. The Morgan fingerprint density at radius 1 is 1.19 bits per heavy atom. The molecular formula is C17H18BrNO2. The van der Waals surface area contributed by atoms with Gasteiger partial charge in [0.05, 0.1) is 5.56 Å². The molecule has 0 radical (unpaired) electrons. The monoisotopic (exact) mass is 347 g/mol. The number of halogens is 1. The van der Waals surface area contributed by atoms with Crippen molar-refractivity contribution in [1.82, 2.24) is 5.32 Å². The topological polar surface area (TPSA) is 38.3 Å². The van der Waals surface area contributed by atoms with Crippen molar-refractivity contribution in [3.63, 3.8) is 0 Å². The number of ether oxygens (including phenoxy) is 1. The molecule has 0 spiro atoms. The number of hydrogen-bond donors (Lipinski definition) is 1. The summed E-state index contributed by atoms with van der Waals surface area (Å²) in [5, 5.41) is 3.09. The predicted molar refractivity (Wildman–Crippen MR) is 87.3 cm³/mol. The van der Waals surface area contributed by atoms with Crippen molar-refractivity contribution in [2.24, 2.45) is 0 Å². The van der Waals surface area contributed by atoms with Crippen molar-refractivity contribution >= 4 is 21.9 Å². The highest BCUT2D eigenvalue weighted by atomic mass is 79.9. The van der Waals surface area contributed by atoms with Gasteiger partial charge in [-0.2, -0.15) is 0 Å². The smallest absolute Gasteiger partial charge is 0.338 e. The third kappa shape index (κ3) is 4.69. The highest BCUT2D eigenvalue weighted by molar-refractivity contribution is 9.10. The number of likely N-dealkylation sites (N-methyl/N-ethyl adjacent to an activating group) is 1. The first kappa shape index (κ1) is 15.7. The Morgan fingerprint density at radius 2 is 2.00 bits per heavy atom. The molecule has 0 amide bonds. The van der Waals surface area contributed by atoms with E-state index >= 15 is 0 Å². The average Bonchev–Trinajstić information content (AvgIpc) is 2.51. The van der Waals surface area contributed by atoms with Gasteiger partial charge in [-0.05, 0) is 49.3 Å². The number of hydrogen-bond acceptors (Lipinski definition) is 3. The summed E-state index contributed by atoms with van der Waals surface area (Å²) < 4.78 is 6.39. The van der Waals surface area contributed by atoms with Gasteiger partial charge >= 0.3 is 5.97 Å². The molecule has 0 heterocycles. The van der Waals surface area contributed by atoms with E-state index in [0.717, 1.165) is 28.6 Å². The van der Waals surface area contributed by atoms with Crippen LogP contribution in [-0.4, -0.2) is 19.6 Å². The third-order valence-corrected chi connectivity index (χ3v) is 3.63. The molecule has 0 aromatic heterocycles. The maximum Gasteiger partial charge on any atom is 0.338 e. The summed E-state index contributed by atoms with van der Waals surface area (Å²) >= 11 is 3.41. The van der Waals surface area contributed by atoms with Crippen LogP contribution in [0.1, 0.15) is 21.5 Å². The number of esters is 1. The highest BCUT2D eigenvalue weighted by Gasteiger charge is 2.12. The van der Waals surface area contributed by atoms with Gasteiger partial charge in [0, 0.05) is 4.47 Å². The van der Waals surface area contributed by atoms with Gasteiger partial charge in [-0.1, -0.05) is 46.3 Å². The zero-order valence-electron chi connectivity index (χ0n) is 11.9. The van der Waals surface area contributed by atoms with Crippen molar-refractivity contribution < 1.29 is 9.53 Å². The Labute approximate surface area is 133 Å². The summed E-state index contributed by atoms with van der Waals surface area (Å²) in [4.78, 5) is 12.2. The van der Waals surface area contributed by atoms with Crippen molar-refractivity contribution in [3.8, 4) is 0 Å². The van der Waals surface area contributed by atoms with Crippen LogP contribution in [0.15, 0.2) is 53.0 Å². The Bertz CT molecular complexity index is 613. The molecule has 2 aromatic carbocycles. The van der Waals surface area contributed by atoms with Gasteiger partial charge < -0.3 is 10.1 Å². The minimum atomic E-state index is -0.276. The van der Waals surface area contributed by atoms with Gasteiger partial charge in [-0.3, -0.25) is 0 Å². The van der Waals surface area contributed by atoms with E-state index in [0.29, 0.717) is 5.56 Å². The molecule has 2 aromatic rings. The Kier molecular flexibility index (Phi) is 5.96. The lowest BCUT2D eigenvalue weighted by Crippen LogP contribution is -2.14. The van der Waals surface area contributed by atoms with Gasteiger partial charge in [-0.25, -0.2) is 4.79 Å². The summed E-state index contributed by atoms with van der Waals surface area (Å²) in [6.07, 6.45) is 0.804. The van der Waals surface area contributed by atoms with Gasteiger partial charge in [0.1, 0.15) is 6.61 Å². The molecule has 0 saturated carbocycles. The molecule has 2 rings (SSSR count). The first-order chi connectivity index (χ1) is 10.2. The van der Waals surface area contributed by atoms with Gasteiger partial charge in [0.25, 0.3) is 0 Å². The van der Waals surface area contributed by atoms with Crippen LogP contribution < -0.4 is 5.32 Å². The molecule has 0 aliphatic rings. The molecule has 0 fully saturated rings. The first-order valence-corrected chi connectivity index (χ1v) is 7.64. The van der Waals surface area contributed by atoms with E-state index in [-0.39, 0.29) is 12.6 Å². The second-order valence-corrected chi connectivity index (χ2v) is 5.63. The fourth-order valence-corrected chi connectivity index (χ4v) is 2.50. The number of rotatable bonds is 6. The van der Waals surface area contributed by atoms with Crippen LogP contribution in [0.25, 0.3) is 0 Å². The molecular weight excluding hydrogens is 330 g/mol. The van der Waals surface area contributed by atoms with Crippen molar-refractivity contribution in [2.45, 2.75) is 13.0 Å². The Hall–Kier alpha value is -1.65. The molecule has 4 heteroatoms. The van der Waals surface area contributed by atoms with Crippen LogP contribution in [-0.2, 0) is 17.8 Å². The maximum atomic E-state index is 12.2. The SMILES string of the molecule is CNCCc1ccccc1C(=O)OCc1cccc(Br)c1. The minimum absolute atomic E-state index is 0.276. The summed E-state index contributed by atoms with van der Waals surface area (Å²) in [6, 6.07) is 15.3. The molecule has 0 atom stereocenters. The average molecular weight is 348 g/mol. The van der Waals surface area contributed by atoms with E-state index < -0.39 is 0 Å². The summed E-state index contributed by atoms with van der Waals surface area (Å²) in [6.45, 7) is 1.11. The second-order valence-electron chi connectivity index (χ2n) is 4.72. The van der Waals surface area contributed by atoms with Gasteiger partial charge in [0.2, 0.25) is 0 Å². The van der Waals surface area contributed by atoms with E-state index in [2.05, 4.69) is 21.2 Å². The van der Waals surface area contributed by atoms with E-state index in [1.165, 1.54) is 0 Å². The summed E-state index contributed by atoms with van der Waals surface area (Å²) in [7, 11) is 1.90. The standard InChI is InChI=1S/C17H18BrNO2/c1-19-10-9-14-6-2-3-8-16(14)17(20)21-12-13-5-4-7-15(18)11-13/h2-8,11,19H,9-10,12H2,1H3. The van der Waals surface area contributed by atoms with E-state index in [9.17, 15) is 4.79 Å². The highest BCUT2D eigenvalue weighted by Crippen LogP contribution is 2.15.